The zero-order valence-corrected chi connectivity index (χ0v) is 21.3. The quantitative estimate of drug-likeness (QED) is 0.481. The van der Waals surface area contributed by atoms with Gasteiger partial charge >= 0.3 is 5.97 Å². The molecule has 0 spiro atoms. The molecular weight excluding hydrogens is 394 g/mol. The van der Waals surface area contributed by atoms with Gasteiger partial charge in [-0.1, -0.05) is 60.0 Å². The monoisotopic (exact) mass is 441 g/mol. The molecule has 0 aliphatic carbocycles. The number of likely N-dealkylation sites (N-methyl/N-ethyl adjacent to an activating group) is 1. The highest BCUT2D eigenvalue weighted by atomic mass is 16.4. The standard InChI is InChI=1S/C13H22N2O4.C8H17N.C3H8/c1-9(12(18)19)6-7-15(5)11(17)10(14-8-16)13(2,3)4;1-8-6-4-3-5-7-9(8)2;1-3-2/h6,8,10H,7H2,1-5H3,(H,14,16)(H,18,19);8H,3-7H2,1-2H3;3H2,1-2H3/b9-6+;;. The Morgan fingerprint density at radius 3 is 2.23 bits per heavy atom. The topological polar surface area (TPSA) is 90.0 Å². The summed E-state index contributed by atoms with van der Waals surface area (Å²) in [6.45, 7) is 15.1. The number of carboxylic acid groups (broad SMARTS) is 1. The van der Waals surface area contributed by atoms with E-state index in [0.29, 0.717) is 6.41 Å². The van der Waals surface area contributed by atoms with Crippen LogP contribution in [0.5, 0.6) is 0 Å². The van der Waals surface area contributed by atoms with Crippen LogP contribution >= 0.6 is 0 Å². The maximum absolute atomic E-state index is 12.2. The van der Waals surface area contributed by atoms with Gasteiger partial charge in [0.25, 0.3) is 0 Å². The minimum atomic E-state index is -1.01. The Kier molecular flexibility index (Phi) is 16.9. The molecule has 2 amide bonds. The fourth-order valence-electron chi connectivity index (χ4n) is 2.85. The molecule has 0 aromatic carbocycles. The van der Waals surface area contributed by atoms with Gasteiger partial charge in [-0.3, -0.25) is 9.59 Å². The Hall–Kier alpha value is -1.89. The average molecular weight is 442 g/mol. The van der Waals surface area contributed by atoms with Crippen molar-refractivity contribution in [2.45, 2.75) is 92.7 Å². The summed E-state index contributed by atoms with van der Waals surface area (Å²) >= 11 is 0. The van der Waals surface area contributed by atoms with Crippen molar-refractivity contribution in [3.8, 4) is 0 Å². The minimum absolute atomic E-state index is 0.176. The van der Waals surface area contributed by atoms with Crippen LogP contribution in [0.4, 0.5) is 0 Å². The van der Waals surface area contributed by atoms with E-state index < -0.39 is 17.4 Å². The fourth-order valence-corrected chi connectivity index (χ4v) is 2.85. The number of rotatable bonds is 6. The largest absolute Gasteiger partial charge is 0.478 e. The number of hydrogen-bond donors (Lipinski definition) is 2. The summed E-state index contributed by atoms with van der Waals surface area (Å²) in [5.41, 5.74) is -0.243. The van der Waals surface area contributed by atoms with Crippen molar-refractivity contribution in [3.05, 3.63) is 11.6 Å². The summed E-state index contributed by atoms with van der Waals surface area (Å²) < 4.78 is 0. The van der Waals surface area contributed by atoms with Crippen LogP contribution in [0.25, 0.3) is 0 Å². The van der Waals surface area contributed by atoms with Gasteiger partial charge in [-0.25, -0.2) is 4.79 Å². The predicted octanol–water partition coefficient (Wildman–Crippen LogP) is 3.93. The van der Waals surface area contributed by atoms with Crippen LogP contribution in [0.2, 0.25) is 0 Å². The summed E-state index contributed by atoms with van der Waals surface area (Å²) in [5, 5.41) is 11.2. The lowest BCUT2D eigenvalue weighted by Crippen LogP contribution is -2.51. The van der Waals surface area contributed by atoms with Gasteiger partial charge < -0.3 is 20.2 Å². The number of carboxylic acids is 1. The zero-order valence-electron chi connectivity index (χ0n) is 21.3. The first kappa shape index (κ1) is 31.3. The molecule has 1 saturated heterocycles. The molecule has 0 radical (unpaired) electrons. The summed E-state index contributed by atoms with van der Waals surface area (Å²) in [6.07, 6.45) is 8.89. The van der Waals surface area contributed by atoms with Crippen LogP contribution in [0.1, 0.15) is 80.6 Å². The van der Waals surface area contributed by atoms with Crippen molar-refractivity contribution >= 4 is 18.3 Å². The van der Waals surface area contributed by atoms with Gasteiger partial charge in [0.2, 0.25) is 12.3 Å². The van der Waals surface area contributed by atoms with Crippen LogP contribution in [-0.2, 0) is 14.4 Å². The fraction of sp³-hybridized carbons (Fsp3) is 0.792. The van der Waals surface area contributed by atoms with E-state index >= 15 is 0 Å². The van der Waals surface area contributed by atoms with E-state index in [1.54, 1.807) is 7.05 Å². The van der Waals surface area contributed by atoms with E-state index in [9.17, 15) is 14.4 Å². The number of nitrogens with one attached hydrogen (secondary N) is 1. The number of hydrogen-bond acceptors (Lipinski definition) is 4. The number of likely N-dealkylation sites (tertiary alicyclic amines) is 1. The molecule has 0 aromatic heterocycles. The van der Waals surface area contributed by atoms with Crippen molar-refractivity contribution in [3.63, 3.8) is 0 Å². The molecule has 1 aliphatic heterocycles. The lowest BCUT2D eigenvalue weighted by molar-refractivity contribution is -0.136. The van der Waals surface area contributed by atoms with Crippen molar-refractivity contribution < 1.29 is 19.5 Å². The first-order valence-corrected chi connectivity index (χ1v) is 11.4. The molecule has 0 aromatic rings. The number of carbonyl (C=O) groups is 3. The van der Waals surface area contributed by atoms with Gasteiger partial charge in [0.15, 0.2) is 0 Å². The minimum Gasteiger partial charge on any atom is -0.478 e. The first-order chi connectivity index (χ1) is 14.3. The highest BCUT2D eigenvalue weighted by Gasteiger charge is 2.32. The molecule has 7 heteroatoms. The second-order valence-electron chi connectivity index (χ2n) is 9.38. The molecule has 1 aliphatic rings. The molecule has 1 rings (SSSR count). The van der Waals surface area contributed by atoms with Gasteiger partial charge in [0.05, 0.1) is 0 Å². The van der Waals surface area contributed by atoms with Crippen molar-refractivity contribution in [2.75, 3.05) is 27.2 Å². The van der Waals surface area contributed by atoms with E-state index in [-0.39, 0.29) is 18.0 Å². The number of carbonyl (C=O) groups excluding carboxylic acids is 2. The second kappa shape index (κ2) is 16.8. The van der Waals surface area contributed by atoms with E-state index in [1.807, 2.05) is 20.8 Å². The maximum Gasteiger partial charge on any atom is 0.331 e. The highest BCUT2D eigenvalue weighted by Crippen LogP contribution is 2.20. The summed E-state index contributed by atoms with van der Waals surface area (Å²) in [4.78, 5) is 37.3. The third kappa shape index (κ3) is 14.7. The Labute approximate surface area is 190 Å². The third-order valence-electron chi connectivity index (χ3n) is 5.12. The van der Waals surface area contributed by atoms with Crippen LogP contribution in [0.3, 0.4) is 0 Å². The molecular formula is C24H47N3O4. The first-order valence-electron chi connectivity index (χ1n) is 11.4. The van der Waals surface area contributed by atoms with E-state index in [1.165, 1.54) is 56.5 Å². The summed E-state index contributed by atoms with van der Waals surface area (Å²) in [7, 11) is 3.80. The van der Waals surface area contributed by atoms with Crippen molar-refractivity contribution in [2.24, 2.45) is 5.41 Å². The Morgan fingerprint density at radius 2 is 1.77 bits per heavy atom. The smallest absolute Gasteiger partial charge is 0.331 e. The molecule has 1 heterocycles. The van der Waals surface area contributed by atoms with Crippen molar-refractivity contribution in [1.82, 2.24) is 15.1 Å². The number of aliphatic carboxylic acids is 1. The average Bonchev–Trinajstić information content (AvgIpc) is 2.87. The highest BCUT2D eigenvalue weighted by molar-refractivity contribution is 5.86. The zero-order chi connectivity index (χ0) is 24.6. The molecule has 182 valence electrons. The van der Waals surface area contributed by atoms with E-state index in [4.69, 9.17) is 5.11 Å². The Bertz CT molecular complexity index is 546. The molecule has 1 fully saturated rings. The summed E-state index contributed by atoms with van der Waals surface area (Å²) in [5.74, 6) is -1.27. The Balaban J connectivity index is 0. The van der Waals surface area contributed by atoms with Crippen molar-refractivity contribution in [1.29, 1.82) is 0 Å². The van der Waals surface area contributed by atoms with Gasteiger partial charge in [-0.2, -0.15) is 0 Å². The molecule has 2 N–H and O–H groups in total. The van der Waals surface area contributed by atoms with E-state index in [0.717, 1.165) is 6.04 Å². The predicted molar refractivity (Wildman–Crippen MR) is 128 cm³/mol. The lowest BCUT2D eigenvalue weighted by atomic mass is 9.86. The van der Waals surface area contributed by atoms with Crippen LogP contribution in [0, 0.1) is 5.41 Å². The second-order valence-corrected chi connectivity index (χ2v) is 9.38. The number of nitrogens with zero attached hydrogens (tertiary/aromatic N) is 2. The van der Waals surface area contributed by atoms with Gasteiger partial charge in [-0.15, -0.1) is 0 Å². The number of amides is 2. The molecule has 31 heavy (non-hydrogen) atoms. The third-order valence-corrected chi connectivity index (χ3v) is 5.12. The Morgan fingerprint density at radius 1 is 1.23 bits per heavy atom. The molecule has 2 atom stereocenters. The van der Waals surface area contributed by atoms with Gasteiger partial charge in [0, 0.05) is 25.2 Å². The van der Waals surface area contributed by atoms with Crippen LogP contribution in [0.15, 0.2) is 11.6 Å². The molecule has 0 saturated carbocycles. The van der Waals surface area contributed by atoms with Gasteiger partial charge in [-0.05, 0) is 45.7 Å². The maximum atomic E-state index is 12.2. The van der Waals surface area contributed by atoms with E-state index in [2.05, 4.69) is 38.0 Å². The SMILES string of the molecule is C/C(=C\CN(C)C(=O)C(NC=O)C(C)(C)C)C(=O)O.CC1CCCCCN1C.CCC. The normalized spacial score (nSPS) is 18.2. The molecule has 2 unspecified atom stereocenters. The molecule has 7 nitrogen and oxygen atoms in total. The summed E-state index contributed by atoms with van der Waals surface area (Å²) in [6, 6.07) is 0.182. The lowest BCUT2D eigenvalue weighted by Gasteiger charge is -2.32. The van der Waals surface area contributed by atoms with Gasteiger partial charge in [0.1, 0.15) is 6.04 Å². The molecule has 0 bridgehead atoms. The van der Waals surface area contributed by atoms with Crippen LogP contribution in [-0.4, -0.2) is 72.5 Å². The van der Waals surface area contributed by atoms with Crippen LogP contribution < -0.4 is 5.32 Å².